The van der Waals surface area contributed by atoms with Crippen LogP contribution in [0, 0.1) is 64.4 Å². The molecule has 15 atom stereocenters. The van der Waals surface area contributed by atoms with Crippen molar-refractivity contribution < 1.29 is 27.0 Å². The number of anilines is 1. The van der Waals surface area contributed by atoms with Crippen LogP contribution < -0.4 is 14.4 Å². The normalized spacial score (nSPS) is 30.7. The van der Waals surface area contributed by atoms with Gasteiger partial charge in [0.05, 0.1) is 11.5 Å². The lowest BCUT2D eigenvalue weighted by atomic mass is 9.55. The first kappa shape index (κ1) is 79.3. The average Bonchev–Trinajstić information content (AvgIpc) is 1.55. The highest BCUT2D eigenvalue weighted by atomic mass is 32.2. The molecular weight excluding hydrogens is 1540 g/mol. The van der Waals surface area contributed by atoms with E-state index in [4.69, 9.17) is 9.47 Å². The predicted octanol–water partition coefficient (Wildman–Crippen LogP) is 29.2. The zero-order valence-corrected chi connectivity index (χ0v) is 71.0. The van der Waals surface area contributed by atoms with E-state index in [0.29, 0.717) is 30.1 Å². The Bertz CT molecular complexity index is 5840. The van der Waals surface area contributed by atoms with Crippen LogP contribution >= 0.6 is 11.8 Å². The summed E-state index contributed by atoms with van der Waals surface area (Å²) in [6.45, 7) is 7.97. The molecule has 5 aromatic carbocycles. The summed E-state index contributed by atoms with van der Waals surface area (Å²) >= 11 is 2.08. The molecule has 4 nitrogen and oxygen atoms in total. The summed E-state index contributed by atoms with van der Waals surface area (Å²) < 4.78 is 73.5. The van der Waals surface area contributed by atoms with E-state index in [1.807, 2.05) is 30.4 Å². The topological polar surface area (TPSA) is 24.9 Å². The fourth-order valence-corrected chi connectivity index (χ4v) is 25.7. The number of hydrogen-bond acceptors (Lipinski definition) is 5. The van der Waals surface area contributed by atoms with Crippen molar-refractivity contribution in [2.45, 2.75) is 170 Å². The van der Waals surface area contributed by atoms with Crippen molar-refractivity contribution in [1.82, 2.24) is 4.90 Å². The maximum absolute atomic E-state index is 15.7. The summed E-state index contributed by atoms with van der Waals surface area (Å²) in [6.07, 6.45) is 87.3. The third kappa shape index (κ3) is 14.8. The number of fused-ring (bicyclic) bond motifs is 6. The van der Waals surface area contributed by atoms with Gasteiger partial charge in [-0.2, -0.15) is 0 Å². The van der Waals surface area contributed by atoms with E-state index in [2.05, 4.69) is 265 Å². The van der Waals surface area contributed by atoms with E-state index in [9.17, 15) is 8.78 Å². The number of nitrogens with zero attached hydrogens (tertiary/aromatic N) is 2. The van der Waals surface area contributed by atoms with Gasteiger partial charge in [0.1, 0.15) is 47.3 Å². The van der Waals surface area contributed by atoms with Crippen LogP contribution in [0.15, 0.2) is 377 Å². The van der Waals surface area contributed by atoms with E-state index >= 15 is 8.78 Å². The van der Waals surface area contributed by atoms with Crippen LogP contribution in [0.2, 0.25) is 0 Å². The van der Waals surface area contributed by atoms with Crippen molar-refractivity contribution in [3.8, 4) is 11.5 Å². The Kier molecular flexibility index (Phi) is 21.7. The molecule has 0 aromatic heterocycles. The van der Waals surface area contributed by atoms with E-state index in [-0.39, 0.29) is 64.6 Å². The lowest BCUT2D eigenvalue weighted by Crippen LogP contribution is -2.42. The van der Waals surface area contributed by atoms with Gasteiger partial charge in [-0.15, -0.1) is 11.8 Å². The molecule has 0 fully saturated rings. The van der Waals surface area contributed by atoms with E-state index in [1.54, 1.807) is 42.0 Å². The van der Waals surface area contributed by atoms with Gasteiger partial charge in [0.2, 0.25) is 0 Å². The number of thioether (sulfide) groups is 1. The molecule has 620 valence electrons. The van der Waals surface area contributed by atoms with E-state index < -0.39 is 17.0 Å². The van der Waals surface area contributed by atoms with Crippen LogP contribution in [0.5, 0.6) is 11.5 Å². The molecule has 21 rings (SSSR count). The monoisotopic (exact) mass is 1640 g/mol. The minimum Gasteiger partial charge on any atom is -0.490 e. The fraction of sp³-hybridized carbons (Fsp3) is 0.316. The highest BCUT2D eigenvalue weighted by Crippen LogP contribution is 2.68. The van der Waals surface area contributed by atoms with Crippen LogP contribution in [0.3, 0.4) is 0 Å². The van der Waals surface area contributed by atoms with Gasteiger partial charge in [-0.1, -0.05) is 230 Å². The van der Waals surface area contributed by atoms with Crippen molar-refractivity contribution in [2.24, 2.45) is 52.8 Å². The quantitative estimate of drug-likeness (QED) is 0.0571. The Morgan fingerprint density at radius 3 is 2.07 bits per heavy atom. The van der Waals surface area contributed by atoms with E-state index in [1.165, 1.54) is 83.4 Å². The average molecular weight is 1650 g/mol. The second-order valence-corrected chi connectivity index (χ2v) is 38.0. The first-order valence-corrected chi connectivity index (χ1v) is 46.6. The molecule has 16 aliphatic rings. The SMILES string of the molecule is C=Cc1ccc(OC2C=CC(C3(C4=CCC(F)C=C4)C4=C(CCC=C4)C4CCC(N(C5=CC6SC7=C(C=CC(N(C8=CC=C(C9C=C(c%10ccc(F)cc%10)C=CC9)CC8)c8ccc9c(c8)C(C8=CCC(Oc%10ccc(C=C)cc%10)CC8)(c8ccc(F)cc8)C8=C9CCC=C8)C7)C6C=C5)C5=CCC(C6=CC(C7C=CC(F)=CC7)CC=C6)CC5)=CC43)CC2)cc1. The molecular formula is C114H108F4N2O2S. The number of rotatable bonds is 20. The maximum atomic E-state index is 15.7. The molecule has 1 aliphatic heterocycles. The third-order valence-electron chi connectivity index (χ3n) is 30.1. The van der Waals surface area contributed by atoms with Gasteiger partial charge in [0.25, 0.3) is 0 Å². The molecule has 5 aromatic rings. The first-order valence-electron chi connectivity index (χ1n) is 45.7. The highest BCUT2D eigenvalue weighted by molar-refractivity contribution is 8.04. The van der Waals surface area contributed by atoms with Crippen LogP contribution in [-0.4, -0.2) is 34.6 Å². The second-order valence-electron chi connectivity index (χ2n) is 36.7. The van der Waals surface area contributed by atoms with Crippen molar-refractivity contribution in [3.63, 3.8) is 0 Å². The number of allylic oxidation sites excluding steroid dienone is 38. The number of ether oxygens (including phenoxy) is 2. The van der Waals surface area contributed by atoms with Crippen molar-refractivity contribution in [2.75, 3.05) is 4.90 Å². The predicted molar refractivity (Wildman–Crippen MR) is 499 cm³/mol. The minimum absolute atomic E-state index is 0.00197. The summed E-state index contributed by atoms with van der Waals surface area (Å²) in [6, 6.07) is 38.2. The van der Waals surface area contributed by atoms with E-state index in [0.717, 1.165) is 173 Å². The lowest BCUT2D eigenvalue weighted by Gasteiger charge is -2.49. The molecule has 0 saturated heterocycles. The molecule has 15 unspecified atom stereocenters. The van der Waals surface area contributed by atoms with Gasteiger partial charge in [-0.05, 0) is 325 Å². The Balaban J connectivity index is 0.637. The van der Waals surface area contributed by atoms with Gasteiger partial charge in [-0.3, -0.25) is 0 Å². The molecule has 0 N–H and O–H groups in total. The molecule has 0 amide bonds. The molecule has 0 saturated carbocycles. The van der Waals surface area contributed by atoms with Crippen LogP contribution in [0.1, 0.15) is 168 Å². The van der Waals surface area contributed by atoms with Crippen LogP contribution in [0.4, 0.5) is 23.2 Å². The zero-order chi connectivity index (χ0) is 82.9. The number of halogens is 4. The van der Waals surface area contributed by atoms with Gasteiger partial charge >= 0.3 is 0 Å². The standard InChI is InChI=1S/C114H108F4N2O2S/c1-3-73-19-55-97(56-20-73)121-99-59-35-85(36-60-99)113(83-31-43-89(117)44-32-83)107-17-7-5-15-101(107)103-63-51-93(69-109(103)113)119(91-47-27-77(28-48-91)81-13-9-11-79(67-81)75-23-39-87(115)40-24-75)95-53-65-105-106-66-54-96(72-112(106)123-111(105)71-95)120(92-49-29-78(30-50-92)82-14-10-12-80(68-82)76-25-41-88(116)42-26-76)94-52-64-104-102-16-6-8-18-108(102)114(110(104)70-94,84-33-45-90(118)46-34-84)86-37-61-100(62-38-86)122-98-57-21-74(4-2)22-58-98/h3-4,7-11,14,17-25,27,31-35,37,39-45,47,49,51,53-58,61,63,65-70,72,76,78,80-81,86,90,95,99-100,104,106,110,112H,1-2,5-6,12-13,15-16,26,28-30,36,38,46,48,50,52,59-60,62,64,71H2. The molecule has 0 bridgehead atoms. The molecule has 0 spiro atoms. The first-order chi connectivity index (χ1) is 60.4. The van der Waals surface area contributed by atoms with Crippen molar-refractivity contribution >= 4 is 40.7 Å². The van der Waals surface area contributed by atoms with Gasteiger partial charge in [0.15, 0.2) is 0 Å². The Morgan fingerprint density at radius 1 is 0.545 bits per heavy atom. The molecule has 123 heavy (non-hydrogen) atoms. The minimum atomic E-state index is -1.01. The summed E-state index contributed by atoms with van der Waals surface area (Å²) in [5.74, 6) is 3.20. The van der Waals surface area contributed by atoms with Crippen LogP contribution in [0.25, 0.3) is 23.3 Å². The molecule has 15 aliphatic carbocycles. The Labute approximate surface area is 728 Å². The number of hydrogen-bond donors (Lipinski definition) is 0. The van der Waals surface area contributed by atoms with Crippen molar-refractivity contribution in [3.05, 3.63) is 422 Å². The fourth-order valence-electron chi connectivity index (χ4n) is 24.2. The van der Waals surface area contributed by atoms with Gasteiger partial charge in [0, 0.05) is 70.2 Å². The summed E-state index contributed by atoms with van der Waals surface area (Å²) in [5.41, 5.74) is 25.9. The Hall–Kier alpha value is -10.9. The summed E-state index contributed by atoms with van der Waals surface area (Å²) in [5, 5.41) is 0.165. The van der Waals surface area contributed by atoms with Crippen LogP contribution in [-0.2, 0) is 5.41 Å². The Morgan fingerprint density at radius 2 is 1.33 bits per heavy atom. The molecule has 0 radical (unpaired) electrons. The molecule has 1 heterocycles. The van der Waals surface area contributed by atoms with Gasteiger partial charge < -0.3 is 19.3 Å². The second kappa shape index (κ2) is 33.7. The lowest BCUT2D eigenvalue weighted by molar-refractivity contribution is 0.157. The summed E-state index contributed by atoms with van der Waals surface area (Å²) in [7, 11) is 0. The zero-order valence-electron chi connectivity index (χ0n) is 70.2. The maximum Gasteiger partial charge on any atom is 0.123 e. The van der Waals surface area contributed by atoms with Crippen molar-refractivity contribution in [1.29, 1.82) is 0 Å². The summed E-state index contributed by atoms with van der Waals surface area (Å²) in [4.78, 5) is 6.89. The smallest absolute Gasteiger partial charge is 0.123 e. The highest BCUT2D eigenvalue weighted by Gasteiger charge is 2.59. The number of alkyl halides is 1. The third-order valence-corrected chi connectivity index (χ3v) is 31.5. The number of benzene rings is 5. The molecule has 9 heteroatoms. The largest absolute Gasteiger partial charge is 0.490 e. The van der Waals surface area contributed by atoms with Gasteiger partial charge in [-0.25, -0.2) is 17.6 Å².